The van der Waals surface area contributed by atoms with E-state index in [4.69, 9.17) is 4.42 Å². The lowest BCUT2D eigenvalue weighted by molar-refractivity contribution is 0.0946. The molecule has 0 unspecified atom stereocenters. The molecule has 11 nitrogen and oxygen atoms in total. The molecule has 5 aromatic rings. The number of carbonyl (C=O) groups excluding carboxylic acids is 2. The number of thiophene rings is 1. The molecule has 0 radical (unpaired) electrons. The standard InChI is InChI=1S/C22H19N7O4S/c1-11(30)16-6-4-13(34-16)9-23-20-18-17(27-28-20)19(26-10-25-18)21(31)24-8-12-3-5-15-14(7-12)29(2)22(32)33-15/h3-7,10H,8-9H2,1-2H3,(H,24,31)(H2,23,27,28). The molecular weight excluding hydrogens is 458 g/mol. The highest BCUT2D eigenvalue weighted by Crippen LogP contribution is 2.23. The summed E-state index contributed by atoms with van der Waals surface area (Å²) < 4.78 is 6.54. The van der Waals surface area contributed by atoms with Crippen molar-refractivity contribution in [1.82, 2.24) is 30.0 Å². The largest absolute Gasteiger partial charge is 0.419 e. The Kier molecular flexibility index (Phi) is 5.42. The molecule has 0 aliphatic heterocycles. The Hall–Kier alpha value is -4.32. The van der Waals surface area contributed by atoms with E-state index in [-0.39, 0.29) is 18.0 Å². The first kappa shape index (κ1) is 21.5. The molecule has 5 rings (SSSR count). The van der Waals surface area contributed by atoms with Gasteiger partial charge in [-0.15, -0.1) is 11.3 Å². The summed E-state index contributed by atoms with van der Waals surface area (Å²) in [5.74, 6) is -0.330. The van der Waals surface area contributed by atoms with Crippen LogP contribution in [0.1, 0.15) is 37.5 Å². The van der Waals surface area contributed by atoms with Crippen LogP contribution in [0.3, 0.4) is 0 Å². The van der Waals surface area contributed by atoms with Crippen molar-refractivity contribution in [3.05, 3.63) is 68.2 Å². The van der Waals surface area contributed by atoms with Crippen LogP contribution >= 0.6 is 11.3 Å². The zero-order valence-electron chi connectivity index (χ0n) is 18.2. The van der Waals surface area contributed by atoms with Crippen LogP contribution < -0.4 is 16.4 Å². The number of nitrogens with zero attached hydrogens (tertiary/aromatic N) is 4. The van der Waals surface area contributed by atoms with Gasteiger partial charge < -0.3 is 15.1 Å². The number of fused-ring (bicyclic) bond motifs is 2. The highest BCUT2D eigenvalue weighted by atomic mass is 32.1. The lowest BCUT2D eigenvalue weighted by Crippen LogP contribution is -2.24. The fraction of sp³-hybridized carbons (Fsp3) is 0.182. The maximum absolute atomic E-state index is 12.8. The van der Waals surface area contributed by atoms with Crippen LogP contribution in [-0.4, -0.2) is 36.4 Å². The first-order chi connectivity index (χ1) is 16.4. The molecule has 0 atom stereocenters. The third-order valence-corrected chi connectivity index (χ3v) is 6.50. The normalized spacial score (nSPS) is 11.2. The van der Waals surface area contributed by atoms with Crippen molar-refractivity contribution in [3.8, 4) is 0 Å². The molecule has 172 valence electrons. The number of oxazole rings is 1. The van der Waals surface area contributed by atoms with Gasteiger partial charge in [-0.25, -0.2) is 14.8 Å². The van der Waals surface area contributed by atoms with E-state index in [1.54, 1.807) is 31.3 Å². The number of rotatable bonds is 7. The second-order valence-electron chi connectivity index (χ2n) is 7.61. The van der Waals surface area contributed by atoms with Crippen LogP contribution in [0.25, 0.3) is 22.1 Å². The molecule has 1 aromatic carbocycles. The zero-order chi connectivity index (χ0) is 23.8. The summed E-state index contributed by atoms with van der Waals surface area (Å²) in [6, 6.07) is 8.94. The smallest absolute Gasteiger partial charge is 0.408 e. The Morgan fingerprint density at radius 1 is 1.18 bits per heavy atom. The van der Waals surface area contributed by atoms with Gasteiger partial charge >= 0.3 is 5.76 Å². The second-order valence-corrected chi connectivity index (χ2v) is 8.77. The van der Waals surface area contributed by atoms with Crippen molar-refractivity contribution in [3.63, 3.8) is 0 Å². The molecule has 0 fully saturated rings. The van der Waals surface area contributed by atoms with Crippen LogP contribution in [0.4, 0.5) is 5.82 Å². The molecule has 4 aromatic heterocycles. The first-order valence-corrected chi connectivity index (χ1v) is 11.1. The molecule has 12 heteroatoms. The third-order valence-electron chi connectivity index (χ3n) is 5.31. The summed E-state index contributed by atoms with van der Waals surface area (Å²) in [5, 5.41) is 13.1. The van der Waals surface area contributed by atoms with Crippen molar-refractivity contribution in [2.24, 2.45) is 7.05 Å². The van der Waals surface area contributed by atoms with Crippen molar-refractivity contribution < 1.29 is 14.0 Å². The van der Waals surface area contributed by atoms with Crippen molar-refractivity contribution in [1.29, 1.82) is 0 Å². The molecular formula is C22H19N7O4S. The molecule has 34 heavy (non-hydrogen) atoms. The van der Waals surface area contributed by atoms with Gasteiger partial charge in [0.15, 0.2) is 22.9 Å². The molecule has 0 spiro atoms. The molecule has 1 amide bonds. The second kappa shape index (κ2) is 8.56. The average molecular weight is 478 g/mol. The maximum Gasteiger partial charge on any atom is 0.419 e. The lowest BCUT2D eigenvalue weighted by atomic mass is 10.2. The van der Waals surface area contributed by atoms with Crippen molar-refractivity contribution >= 4 is 51.0 Å². The number of carbonyl (C=O) groups is 2. The van der Waals surface area contributed by atoms with Crippen molar-refractivity contribution in [2.45, 2.75) is 20.0 Å². The van der Waals surface area contributed by atoms with Crippen molar-refractivity contribution in [2.75, 3.05) is 5.32 Å². The van der Waals surface area contributed by atoms with E-state index in [0.717, 1.165) is 10.4 Å². The predicted molar refractivity (Wildman–Crippen MR) is 126 cm³/mol. The van der Waals surface area contributed by atoms with Gasteiger partial charge in [0.05, 0.1) is 16.9 Å². The van der Waals surface area contributed by atoms with E-state index in [9.17, 15) is 14.4 Å². The quantitative estimate of drug-likeness (QED) is 0.303. The number of benzene rings is 1. The minimum Gasteiger partial charge on any atom is -0.408 e. The molecule has 0 saturated carbocycles. The average Bonchev–Trinajstić information content (AvgIpc) is 3.54. The number of aromatic nitrogens is 5. The van der Waals surface area contributed by atoms with E-state index in [0.29, 0.717) is 39.4 Å². The Balaban J connectivity index is 1.31. The zero-order valence-corrected chi connectivity index (χ0v) is 19.0. The minimum atomic E-state index is -0.443. The summed E-state index contributed by atoms with van der Waals surface area (Å²) >= 11 is 1.41. The summed E-state index contributed by atoms with van der Waals surface area (Å²) in [6.07, 6.45) is 1.31. The molecule has 0 bridgehead atoms. The number of Topliss-reactive ketones (excluding diaryl/α,β-unsaturated/α-hetero) is 1. The maximum atomic E-state index is 12.8. The van der Waals surface area contributed by atoms with Gasteiger partial charge in [-0.05, 0) is 36.8 Å². The van der Waals surface area contributed by atoms with Gasteiger partial charge in [-0.3, -0.25) is 19.3 Å². The SMILES string of the molecule is CC(=O)c1ccc(CNc2n[nH]c3c(C(=O)NCc4ccc5oc(=O)n(C)c5c4)ncnc23)s1. The summed E-state index contributed by atoms with van der Waals surface area (Å²) in [5.41, 5.74) is 2.99. The van der Waals surface area contributed by atoms with Gasteiger partial charge in [0, 0.05) is 18.5 Å². The van der Waals surface area contributed by atoms with Gasteiger partial charge in [0.1, 0.15) is 17.4 Å². The third kappa shape index (κ3) is 3.94. The predicted octanol–water partition coefficient (Wildman–Crippen LogP) is 2.60. The fourth-order valence-electron chi connectivity index (χ4n) is 3.51. The molecule has 0 aliphatic rings. The summed E-state index contributed by atoms with van der Waals surface area (Å²) in [7, 11) is 1.62. The van der Waals surface area contributed by atoms with E-state index in [1.807, 2.05) is 6.07 Å². The topological polar surface area (TPSA) is 148 Å². The van der Waals surface area contributed by atoms with E-state index < -0.39 is 11.7 Å². The highest BCUT2D eigenvalue weighted by molar-refractivity contribution is 7.14. The number of nitrogens with one attached hydrogen (secondary N) is 3. The number of ketones is 1. The van der Waals surface area contributed by atoms with Gasteiger partial charge in [0.2, 0.25) is 0 Å². The van der Waals surface area contributed by atoms with Crippen LogP contribution in [0.15, 0.2) is 45.9 Å². The summed E-state index contributed by atoms with van der Waals surface area (Å²) in [4.78, 5) is 46.0. The van der Waals surface area contributed by atoms with Crippen LogP contribution in [-0.2, 0) is 20.1 Å². The highest BCUT2D eigenvalue weighted by Gasteiger charge is 2.18. The number of anilines is 1. The van der Waals surface area contributed by atoms with Gasteiger partial charge in [-0.2, -0.15) is 5.10 Å². The Morgan fingerprint density at radius 3 is 2.82 bits per heavy atom. The Labute approximate surface area is 195 Å². The van der Waals surface area contributed by atoms with Crippen LogP contribution in [0, 0.1) is 0 Å². The van der Waals surface area contributed by atoms with Crippen LogP contribution in [0.2, 0.25) is 0 Å². The number of amides is 1. The molecule has 0 saturated heterocycles. The van der Waals surface area contributed by atoms with Gasteiger partial charge in [0.25, 0.3) is 5.91 Å². The fourth-order valence-corrected chi connectivity index (χ4v) is 4.36. The number of aryl methyl sites for hydroxylation is 1. The number of hydrogen-bond donors (Lipinski definition) is 3. The Bertz CT molecular complexity index is 1610. The number of hydrogen-bond acceptors (Lipinski definition) is 9. The Morgan fingerprint density at radius 2 is 2.03 bits per heavy atom. The first-order valence-electron chi connectivity index (χ1n) is 10.3. The number of aromatic amines is 1. The summed E-state index contributed by atoms with van der Waals surface area (Å²) in [6.45, 7) is 2.23. The molecule has 4 heterocycles. The van der Waals surface area contributed by atoms with E-state index in [2.05, 4.69) is 30.8 Å². The minimum absolute atomic E-state index is 0.0265. The molecule has 3 N–H and O–H groups in total. The van der Waals surface area contributed by atoms with E-state index >= 15 is 0 Å². The van der Waals surface area contributed by atoms with Crippen LogP contribution in [0.5, 0.6) is 0 Å². The lowest BCUT2D eigenvalue weighted by Gasteiger charge is -2.06. The monoisotopic (exact) mass is 477 g/mol. The molecule has 0 aliphatic carbocycles. The van der Waals surface area contributed by atoms with E-state index in [1.165, 1.54) is 29.2 Å². The van der Waals surface area contributed by atoms with Gasteiger partial charge in [-0.1, -0.05) is 6.07 Å². The number of H-pyrrole nitrogens is 1.